The summed E-state index contributed by atoms with van der Waals surface area (Å²) in [5.74, 6) is 3.20. The SMILES string of the molecule is CC(C)(C)c1ccnc(C#C[Si](C)(C)C)c1. The van der Waals surface area contributed by atoms with E-state index < -0.39 is 8.07 Å². The molecule has 1 rings (SSSR count). The average molecular weight is 231 g/mol. The highest BCUT2D eigenvalue weighted by Gasteiger charge is 2.13. The molecule has 16 heavy (non-hydrogen) atoms. The number of rotatable bonds is 0. The molecule has 0 aliphatic heterocycles. The van der Waals surface area contributed by atoms with Gasteiger partial charge in [0, 0.05) is 6.20 Å². The van der Waals surface area contributed by atoms with Crippen LogP contribution in [0.3, 0.4) is 0 Å². The first-order valence-electron chi connectivity index (χ1n) is 5.68. The molecule has 0 radical (unpaired) electrons. The molecular weight excluding hydrogens is 210 g/mol. The van der Waals surface area contributed by atoms with Gasteiger partial charge < -0.3 is 0 Å². The minimum Gasteiger partial charge on any atom is -0.248 e. The summed E-state index contributed by atoms with van der Waals surface area (Å²) < 4.78 is 0. The molecule has 86 valence electrons. The van der Waals surface area contributed by atoms with Crippen LogP contribution in [0.2, 0.25) is 19.6 Å². The molecule has 1 aromatic heterocycles. The molecular formula is C14H21NSi. The molecule has 0 atom stereocenters. The van der Waals surface area contributed by atoms with E-state index in [0.29, 0.717) is 0 Å². The Bertz CT molecular complexity index is 425. The van der Waals surface area contributed by atoms with Crippen LogP contribution in [0.25, 0.3) is 0 Å². The molecule has 1 heterocycles. The molecule has 0 saturated carbocycles. The summed E-state index contributed by atoms with van der Waals surface area (Å²) >= 11 is 0. The highest BCUT2D eigenvalue weighted by atomic mass is 28.3. The normalized spacial score (nSPS) is 11.9. The summed E-state index contributed by atoms with van der Waals surface area (Å²) in [6.45, 7) is 13.4. The second-order valence-corrected chi connectivity index (χ2v) is 10.9. The largest absolute Gasteiger partial charge is 0.248 e. The summed E-state index contributed by atoms with van der Waals surface area (Å²) in [5, 5.41) is 0. The van der Waals surface area contributed by atoms with Gasteiger partial charge >= 0.3 is 0 Å². The molecule has 0 N–H and O–H groups in total. The zero-order valence-corrected chi connectivity index (χ0v) is 12.2. The van der Waals surface area contributed by atoms with Crippen LogP contribution in [-0.4, -0.2) is 13.1 Å². The summed E-state index contributed by atoms with van der Waals surface area (Å²) in [7, 11) is -1.30. The fourth-order valence-corrected chi connectivity index (χ4v) is 1.72. The van der Waals surface area contributed by atoms with Crippen LogP contribution in [0.5, 0.6) is 0 Å². The van der Waals surface area contributed by atoms with Crippen molar-refractivity contribution in [3.8, 4) is 11.5 Å². The number of hydrogen-bond acceptors (Lipinski definition) is 1. The van der Waals surface area contributed by atoms with Crippen LogP contribution in [-0.2, 0) is 5.41 Å². The van der Waals surface area contributed by atoms with E-state index >= 15 is 0 Å². The maximum Gasteiger partial charge on any atom is 0.129 e. The fraction of sp³-hybridized carbons (Fsp3) is 0.500. The second-order valence-electron chi connectivity index (χ2n) is 6.18. The van der Waals surface area contributed by atoms with Crippen molar-refractivity contribution in [1.82, 2.24) is 4.98 Å². The van der Waals surface area contributed by atoms with Crippen molar-refractivity contribution in [3.63, 3.8) is 0 Å². The Hall–Kier alpha value is -1.07. The number of aromatic nitrogens is 1. The van der Waals surface area contributed by atoms with E-state index in [1.165, 1.54) is 5.56 Å². The Balaban J connectivity index is 3.04. The van der Waals surface area contributed by atoms with Gasteiger partial charge in [-0.05, 0) is 23.1 Å². The van der Waals surface area contributed by atoms with Crippen LogP contribution in [0.15, 0.2) is 18.3 Å². The van der Waals surface area contributed by atoms with Crippen molar-refractivity contribution in [2.45, 2.75) is 45.8 Å². The van der Waals surface area contributed by atoms with Gasteiger partial charge in [-0.1, -0.05) is 46.3 Å². The Morgan fingerprint density at radius 1 is 1.19 bits per heavy atom. The zero-order valence-electron chi connectivity index (χ0n) is 11.2. The fourth-order valence-electron chi connectivity index (χ4n) is 1.22. The van der Waals surface area contributed by atoms with Gasteiger partial charge in [0.1, 0.15) is 13.8 Å². The summed E-state index contributed by atoms with van der Waals surface area (Å²) in [6, 6.07) is 4.17. The molecule has 0 bridgehead atoms. The third kappa shape index (κ3) is 4.20. The summed E-state index contributed by atoms with van der Waals surface area (Å²) in [6.07, 6.45) is 1.86. The Morgan fingerprint density at radius 2 is 1.81 bits per heavy atom. The van der Waals surface area contributed by atoms with Crippen LogP contribution in [0, 0.1) is 11.5 Å². The Labute approximate surface area is 100 Å². The van der Waals surface area contributed by atoms with Gasteiger partial charge in [-0.3, -0.25) is 0 Å². The molecule has 0 unspecified atom stereocenters. The zero-order chi connectivity index (χ0) is 12.4. The van der Waals surface area contributed by atoms with E-state index in [4.69, 9.17) is 0 Å². The topological polar surface area (TPSA) is 12.9 Å². The van der Waals surface area contributed by atoms with Gasteiger partial charge in [-0.25, -0.2) is 4.98 Å². The summed E-state index contributed by atoms with van der Waals surface area (Å²) in [4.78, 5) is 4.30. The Kier molecular flexibility index (Phi) is 3.60. The maximum absolute atomic E-state index is 4.30. The van der Waals surface area contributed by atoms with Crippen molar-refractivity contribution >= 4 is 8.07 Å². The van der Waals surface area contributed by atoms with Crippen molar-refractivity contribution < 1.29 is 0 Å². The molecule has 0 aliphatic carbocycles. The van der Waals surface area contributed by atoms with Gasteiger partial charge in [0.05, 0.1) is 0 Å². The first-order valence-corrected chi connectivity index (χ1v) is 9.18. The molecule has 1 nitrogen and oxygen atoms in total. The second kappa shape index (κ2) is 4.43. The number of nitrogens with zero attached hydrogens (tertiary/aromatic N) is 1. The third-order valence-electron chi connectivity index (χ3n) is 2.19. The predicted molar refractivity (Wildman–Crippen MR) is 73.2 cm³/mol. The summed E-state index contributed by atoms with van der Waals surface area (Å²) in [5.41, 5.74) is 5.70. The lowest BCUT2D eigenvalue weighted by molar-refractivity contribution is 0.589. The van der Waals surface area contributed by atoms with E-state index in [1.807, 2.05) is 6.20 Å². The van der Waals surface area contributed by atoms with Crippen molar-refractivity contribution in [2.24, 2.45) is 0 Å². The van der Waals surface area contributed by atoms with Crippen molar-refractivity contribution in [3.05, 3.63) is 29.6 Å². The van der Waals surface area contributed by atoms with Crippen molar-refractivity contribution in [2.75, 3.05) is 0 Å². The van der Waals surface area contributed by atoms with E-state index in [2.05, 4.69) is 69.0 Å². The van der Waals surface area contributed by atoms with E-state index in [9.17, 15) is 0 Å². The minimum absolute atomic E-state index is 0.165. The minimum atomic E-state index is -1.30. The standard InChI is InChI=1S/C14H21NSi/c1-14(2,3)12-7-9-15-13(11-12)8-10-16(4,5)6/h7,9,11H,1-6H3. The molecule has 0 spiro atoms. The maximum atomic E-state index is 4.30. The van der Waals surface area contributed by atoms with Crippen molar-refractivity contribution in [1.29, 1.82) is 0 Å². The van der Waals surface area contributed by atoms with E-state index in [1.54, 1.807) is 0 Å². The smallest absolute Gasteiger partial charge is 0.129 e. The molecule has 0 saturated heterocycles. The quantitative estimate of drug-likeness (QED) is 0.491. The third-order valence-corrected chi connectivity index (χ3v) is 3.07. The first kappa shape index (κ1) is 13.0. The molecule has 1 aromatic rings. The van der Waals surface area contributed by atoms with Crippen LogP contribution >= 0.6 is 0 Å². The van der Waals surface area contributed by atoms with Gasteiger partial charge in [0.25, 0.3) is 0 Å². The average Bonchev–Trinajstić information content (AvgIpc) is 2.13. The van der Waals surface area contributed by atoms with Crippen LogP contribution < -0.4 is 0 Å². The predicted octanol–water partition coefficient (Wildman–Crippen LogP) is 3.61. The van der Waals surface area contributed by atoms with Gasteiger partial charge in [0.2, 0.25) is 0 Å². The molecule has 0 aliphatic rings. The van der Waals surface area contributed by atoms with E-state index in [-0.39, 0.29) is 5.41 Å². The number of pyridine rings is 1. The van der Waals surface area contributed by atoms with Gasteiger partial charge in [-0.2, -0.15) is 0 Å². The molecule has 0 fully saturated rings. The number of hydrogen-bond donors (Lipinski definition) is 0. The molecule has 0 amide bonds. The Morgan fingerprint density at radius 3 is 2.31 bits per heavy atom. The monoisotopic (exact) mass is 231 g/mol. The van der Waals surface area contributed by atoms with E-state index in [0.717, 1.165) is 5.69 Å². The molecule has 2 heteroatoms. The van der Waals surface area contributed by atoms with Crippen LogP contribution in [0.4, 0.5) is 0 Å². The lowest BCUT2D eigenvalue weighted by atomic mass is 9.87. The van der Waals surface area contributed by atoms with Gasteiger partial charge in [0.15, 0.2) is 0 Å². The lowest BCUT2D eigenvalue weighted by Crippen LogP contribution is -2.16. The lowest BCUT2D eigenvalue weighted by Gasteiger charge is -2.18. The van der Waals surface area contributed by atoms with Crippen LogP contribution in [0.1, 0.15) is 32.0 Å². The molecule has 0 aromatic carbocycles. The highest BCUT2D eigenvalue weighted by Crippen LogP contribution is 2.21. The van der Waals surface area contributed by atoms with Gasteiger partial charge in [-0.15, -0.1) is 5.54 Å². The first-order chi connectivity index (χ1) is 7.18. The highest BCUT2D eigenvalue weighted by molar-refractivity contribution is 6.83.